The number of halogens is 1. The van der Waals surface area contributed by atoms with Crippen molar-refractivity contribution in [3.8, 4) is 5.75 Å². The average molecular weight is 255 g/mol. The molecule has 0 heterocycles. The van der Waals surface area contributed by atoms with Crippen LogP contribution in [0.5, 0.6) is 5.75 Å². The van der Waals surface area contributed by atoms with Gasteiger partial charge < -0.3 is 15.2 Å². The van der Waals surface area contributed by atoms with Crippen LogP contribution in [0.1, 0.15) is 39.3 Å². The molecule has 0 spiro atoms. The van der Waals surface area contributed by atoms with Crippen LogP contribution in [0, 0.1) is 5.82 Å². The zero-order chi connectivity index (χ0) is 13.8. The van der Waals surface area contributed by atoms with Crippen LogP contribution in [0.4, 0.5) is 4.39 Å². The normalized spacial score (nSPS) is 13.4. The van der Waals surface area contributed by atoms with Crippen molar-refractivity contribution in [2.75, 3.05) is 13.2 Å². The van der Waals surface area contributed by atoms with E-state index in [-0.39, 0.29) is 23.2 Å². The van der Waals surface area contributed by atoms with Crippen LogP contribution in [0.2, 0.25) is 0 Å². The maximum absolute atomic E-state index is 13.7. The molecule has 0 saturated heterocycles. The second kappa shape index (κ2) is 6.16. The van der Waals surface area contributed by atoms with Gasteiger partial charge in [-0.05, 0) is 33.8 Å². The van der Waals surface area contributed by atoms with Gasteiger partial charge in [-0.25, -0.2) is 4.39 Å². The highest BCUT2D eigenvalue weighted by Gasteiger charge is 2.14. The zero-order valence-corrected chi connectivity index (χ0v) is 11.5. The number of rotatable bonds is 5. The Balaban J connectivity index is 2.61. The Morgan fingerprint density at radius 1 is 1.28 bits per heavy atom. The number of hydrogen-bond acceptors (Lipinski definition) is 3. The lowest BCUT2D eigenvalue weighted by Crippen LogP contribution is -2.23. The lowest BCUT2D eigenvalue weighted by atomic mass is 10.1. The summed E-state index contributed by atoms with van der Waals surface area (Å²) in [6, 6.07) is 4.51. The van der Waals surface area contributed by atoms with Gasteiger partial charge in [0.05, 0.1) is 12.2 Å². The Morgan fingerprint density at radius 3 is 2.50 bits per heavy atom. The van der Waals surface area contributed by atoms with E-state index in [1.54, 1.807) is 19.1 Å². The Labute approximate surface area is 108 Å². The number of ether oxygens (including phenoxy) is 2. The van der Waals surface area contributed by atoms with E-state index in [0.717, 1.165) is 0 Å². The summed E-state index contributed by atoms with van der Waals surface area (Å²) in [6.45, 7) is 8.40. The quantitative estimate of drug-likeness (QED) is 0.822. The first-order chi connectivity index (χ1) is 8.31. The van der Waals surface area contributed by atoms with Crippen molar-refractivity contribution in [3.05, 3.63) is 29.6 Å². The molecule has 3 nitrogen and oxygen atoms in total. The Bertz CT molecular complexity index is 386. The molecule has 2 N–H and O–H groups in total. The summed E-state index contributed by atoms with van der Waals surface area (Å²) in [4.78, 5) is 0. The van der Waals surface area contributed by atoms with E-state index in [0.29, 0.717) is 18.8 Å². The molecule has 4 heteroatoms. The summed E-state index contributed by atoms with van der Waals surface area (Å²) in [5, 5.41) is 0. The van der Waals surface area contributed by atoms with Crippen molar-refractivity contribution < 1.29 is 13.9 Å². The number of benzene rings is 1. The highest BCUT2D eigenvalue weighted by atomic mass is 19.1. The molecular weight excluding hydrogens is 233 g/mol. The van der Waals surface area contributed by atoms with Gasteiger partial charge in [0.25, 0.3) is 0 Å². The molecule has 102 valence electrons. The van der Waals surface area contributed by atoms with Crippen molar-refractivity contribution in [1.29, 1.82) is 0 Å². The molecule has 0 aliphatic rings. The summed E-state index contributed by atoms with van der Waals surface area (Å²) in [6.07, 6.45) is 0. The second-order valence-corrected chi connectivity index (χ2v) is 5.26. The van der Waals surface area contributed by atoms with E-state index in [1.807, 2.05) is 20.8 Å². The van der Waals surface area contributed by atoms with Gasteiger partial charge in [0, 0.05) is 11.6 Å². The molecule has 0 amide bonds. The third-order valence-corrected chi connectivity index (χ3v) is 2.35. The van der Waals surface area contributed by atoms with Gasteiger partial charge in [0.2, 0.25) is 0 Å². The molecule has 1 aromatic carbocycles. The van der Waals surface area contributed by atoms with Crippen molar-refractivity contribution >= 4 is 0 Å². The third kappa shape index (κ3) is 4.63. The van der Waals surface area contributed by atoms with Crippen LogP contribution < -0.4 is 10.5 Å². The molecule has 18 heavy (non-hydrogen) atoms. The largest absolute Gasteiger partial charge is 0.488 e. The van der Waals surface area contributed by atoms with E-state index >= 15 is 0 Å². The predicted octanol–water partition coefficient (Wildman–Crippen LogP) is 3.04. The van der Waals surface area contributed by atoms with E-state index in [2.05, 4.69) is 0 Å². The van der Waals surface area contributed by atoms with Crippen molar-refractivity contribution in [3.63, 3.8) is 0 Å². The zero-order valence-electron chi connectivity index (χ0n) is 11.5. The van der Waals surface area contributed by atoms with Crippen LogP contribution >= 0.6 is 0 Å². The van der Waals surface area contributed by atoms with Gasteiger partial charge in [0.1, 0.15) is 6.61 Å². The predicted molar refractivity (Wildman–Crippen MR) is 70.2 cm³/mol. The summed E-state index contributed by atoms with van der Waals surface area (Å²) in [7, 11) is 0. The van der Waals surface area contributed by atoms with Crippen molar-refractivity contribution in [1.82, 2.24) is 0 Å². The number of para-hydroxylation sites is 1. The molecule has 1 rings (SSSR count). The van der Waals surface area contributed by atoms with Crippen LogP contribution in [-0.2, 0) is 4.74 Å². The Kier molecular flexibility index (Phi) is 5.11. The van der Waals surface area contributed by atoms with Gasteiger partial charge >= 0.3 is 0 Å². The van der Waals surface area contributed by atoms with Gasteiger partial charge in [-0.2, -0.15) is 0 Å². The minimum absolute atomic E-state index is 0.220. The monoisotopic (exact) mass is 255 g/mol. The first-order valence-corrected chi connectivity index (χ1v) is 6.12. The number of nitrogens with two attached hydrogens (primary N) is 1. The maximum atomic E-state index is 13.7. The van der Waals surface area contributed by atoms with E-state index in [9.17, 15) is 4.39 Å². The molecular formula is C14H22FNO2. The molecule has 0 aliphatic carbocycles. The highest BCUT2D eigenvalue weighted by Crippen LogP contribution is 2.26. The molecule has 0 saturated carbocycles. The lowest BCUT2D eigenvalue weighted by molar-refractivity contribution is -0.0168. The van der Waals surface area contributed by atoms with Crippen LogP contribution in [-0.4, -0.2) is 18.8 Å². The van der Waals surface area contributed by atoms with Crippen LogP contribution in [0.15, 0.2) is 18.2 Å². The molecule has 0 bridgehead atoms. The standard InChI is InChI=1S/C14H22FNO2/c1-10(16)11-6-5-7-12(15)13(11)17-8-9-18-14(2,3)4/h5-7,10H,8-9,16H2,1-4H3/t10-/m1/s1. The second-order valence-electron chi connectivity index (χ2n) is 5.26. The average Bonchev–Trinajstić information content (AvgIpc) is 2.24. The van der Waals surface area contributed by atoms with E-state index in [4.69, 9.17) is 15.2 Å². The smallest absolute Gasteiger partial charge is 0.165 e. The molecule has 0 aromatic heterocycles. The van der Waals surface area contributed by atoms with Crippen molar-refractivity contribution in [2.45, 2.75) is 39.3 Å². The summed E-state index contributed by atoms with van der Waals surface area (Å²) >= 11 is 0. The topological polar surface area (TPSA) is 44.5 Å². The summed E-state index contributed by atoms with van der Waals surface area (Å²) < 4.78 is 24.6. The molecule has 0 aliphatic heterocycles. The summed E-state index contributed by atoms with van der Waals surface area (Å²) in [5.41, 5.74) is 6.23. The molecule has 0 unspecified atom stereocenters. The van der Waals surface area contributed by atoms with Gasteiger partial charge in [-0.3, -0.25) is 0 Å². The van der Waals surface area contributed by atoms with Crippen molar-refractivity contribution in [2.24, 2.45) is 5.73 Å². The summed E-state index contributed by atoms with van der Waals surface area (Å²) in [5.74, 6) is -0.162. The fourth-order valence-electron chi connectivity index (χ4n) is 1.53. The van der Waals surface area contributed by atoms with Gasteiger partial charge in [-0.1, -0.05) is 12.1 Å². The van der Waals surface area contributed by atoms with Crippen LogP contribution in [0.25, 0.3) is 0 Å². The fourth-order valence-corrected chi connectivity index (χ4v) is 1.53. The lowest BCUT2D eigenvalue weighted by Gasteiger charge is -2.20. The molecule has 1 aromatic rings. The highest BCUT2D eigenvalue weighted by molar-refractivity contribution is 5.36. The Hall–Kier alpha value is -1.13. The van der Waals surface area contributed by atoms with Crippen LogP contribution in [0.3, 0.4) is 0 Å². The third-order valence-electron chi connectivity index (χ3n) is 2.35. The Morgan fingerprint density at radius 2 is 1.94 bits per heavy atom. The van der Waals surface area contributed by atoms with E-state index in [1.165, 1.54) is 6.07 Å². The minimum Gasteiger partial charge on any atom is -0.488 e. The maximum Gasteiger partial charge on any atom is 0.165 e. The van der Waals surface area contributed by atoms with E-state index < -0.39 is 0 Å². The molecule has 1 atom stereocenters. The van der Waals surface area contributed by atoms with Gasteiger partial charge in [0.15, 0.2) is 11.6 Å². The molecule has 0 radical (unpaired) electrons. The first-order valence-electron chi connectivity index (χ1n) is 6.12. The SMILES string of the molecule is C[C@@H](N)c1cccc(F)c1OCCOC(C)(C)C. The number of hydrogen-bond donors (Lipinski definition) is 1. The molecule has 0 fully saturated rings. The van der Waals surface area contributed by atoms with Gasteiger partial charge in [-0.15, -0.1) is 0 Å². The fraction of sp³-hybridized carbons (Fsp3) is 0.571. The minimum atomic E-state index is -0.388. The first kappa shape index (κ1) is 14.9.